The van der Waals surface area contributed by atoms with Crippen LogP contribution in [0, 0.1) is 0 Å². The van der Waals surface area contributed by atoms with E-state index < -0.39 is 41.9 Å². The molecule has 1 amide bonds. The van der Waals surface area contributed by atoms with Crippen LogP contribution < -0.4 is 31.8 Å². The number of carboxylic acid groups (broad SMARTS) is 1. The van der Waals surface area contributed by atoms with Gasteiger partial charge in [0.15, 0.2) is 0 Å². The zero-order valence-corrected chi connectivity index (χ0v) is 44.1. The standard InChI is InChI=1S/C15H14Cl2N2O3S.C15H16Cl2N2O2S.C8H10ClN.C7H6ClNO4S.B/c1-9(10-3-2-4-12(16)7-10)19-15(20)11-5-6-13(17)14(8-11)23(18,21)22;1-10(12-3-2-4-13(16)8-12)19-9-11-5-6-14(17)15(7-11)22(18,20)21;1-6(10)7-3-2-4-8(9)5-7;8-5-2-1-4(7(10)11)3-6(5)14(9,12)13;/h2-9H,1H3,(H,19,20)(H2,18,21,22);2-8,10,19H,9H2,1H3,(H2,18,20,21);2-6H,10H2,1H3;1-3H,(H,10,11)(H2,9,12,13);/t;;6-;;/m..1../s1. The van der Waals surface area contributed by atoms with Crippen LogP contribution >= 0.6 is 69.6 Å². The van der Waals surface area contributed by atoms with Crippen molar-refractivity contribution in [3.05, 3.63) is 191 Å². The van der Waals surface area contributed by atoms with E-state index in [4.69, 9.17) is 95.9 Å². The van der Waals surface area contributed by atoms with E-state index >= 15 is 0 Å². The summed E-state index contributed by atoms with van der Waals surface area (Å²) >= 11 is 34.8. The van der Waals surface area contributed by atoms with Crippen molar-refractivity contribution in [3.8, 4) is 0 Å². The molecule has 11 N–H and O–H groups in total. The zero-order chi connectivity index (χ0) is 52.0. The number of hydrogen-bond acceptors (Lipinski definition) is 10. The number of hydrogen-bond donors (Lipinski definition) is 7. The third-order valence-electron chi connectivity index (χ3n) is 9.32. The third-order valence-corrected chi connectivity index (χ3v) is 14.2. The minimum Gasteiger partial charge on any atom is -0.478 e. The molecule has 0 saturated carbocycles. The fourth-order valence-electron chi connectivity index (χ4n) is 5.69. The predicted molar refractivity (Wildman–Crippen MR) is 279 cm³/mol. The molecule has 0 spiro atoms. The summed E-state index contributed by atoms with van der Waals surface area (Å²) in [6, 6.07) is 34.0. The fourth-order valence-corrected chi connectivity index (χ4v) is 9.52. The molecule has 70 heavy (non-hydrogen) atoms. The molecule has 0 aliphatic carbocycles. The van der Waals surface area contributed by atoms with Gasteiger partial charge in [0, 0.05) is 47.7 Å². The number of benzene rings is 6. The summed E-state index contributed by atoms with van der Waals surface area (Å²) in [7, 11) is -11.8. The van der Waals surface area contributed by atoms with Crippen LogP contribution in [0.5, 0.6) is 0 Å². The Bertz CT molecular complexity index is 3140. The van der Waals surface area contributed by atoms with Gasteiger partial charge in [-0.15, -0.1) is 0 Å². The van der Waals surface area contributed by atoms with E-state index in [0.29, 0.717) is 16.6 Å². The fraction of sp³-hybridized carbons (Fsp3) is 0.156. The monoisotopic (exact) mass is 1130 g/mol. The van der Waals surface area contributed by atoms with Crippen LogP contribution in [0.3, 0.4) is 0 Å². The van der Waals surface area contributed by atoms with Crippen LogP contribution in [0.15, 0.2) is 142 Å². The minimum atomic E-state index is -4.01. The SMILES string of the molecule is CC(NC(=O)c1ccc(Cl)c(S(N)(=O)=O)c1)c1cccc(Cl)c1.CC(NCc1ccc(Cl)c(S(N)(=O)=O)c1)c1cccc(Cl)c1.C[C@@H](N)c1cccc(Cl)c1.NS(=O)(=O)c1cc(C(=O)O)ccc1Cl.[B]. The van der Waals surface area contributed by atoms with Crippen LogP contribution in [0.1, 0.15) is 81.9 Å². The Morgan fingerprint density at radius 1 is 0.529 bits per heavy atom. The topological polar surface area (TPSA) is 285 Å². The van der Waals surface area contributed by atoms with Crippen molar-refractivity contribution in [1.82, 2.24) is 10.6 Å². The van der Waals surface area contributed by atoms with Gasteiger partial charge in [-0.05, 0) is 128 Å². The molecular weight excluding hydrogens is 1090 g/mol. The third kappa shape index (κ3) is 20.1. The number of aromatic carboxylic acids is 1. The highest BCUT2D eigenvalue weighted by atomic mass is 35.5. The van der Waals surface area contributed by atoms with Gasteiger partial charge in [0.25, 0.3) is 5.91 Å². The summed E-state index contributed by atoms with van der Waals surface area (Å²) in [5.74, 6) is -1.69. The maximum Gasteiger partial charge on any atom is 0.335 e. The summed E-state index contributed by atoms with van der Waals surface area (Å²) < 4.78 is 67.7. The summed E-state index contributed by atoms with van der Waals surface area (Å²) in [5.41, 5.74) is 9.32. The lowest BCUT2D eigenvalue weighted by atomic mass is 10.1. The van der Waals surface area contributed by atoms with Crippen molar-refractivity contribution in [2.24, 2.45) is 21.2 Å². The molecule has 0 fully saturated rings. The van der Waals surface area contributed by atoms with Crippen molar-refractivity contribution in [2.75, 3.05) is 0 Å². The van der Waals surface area contributed by atoms with Gasteiger partial charge in [0.1, 0.15) is 14.7 Å². The van der Waals surface area contributed by atoms with Gasteiger partial charge in [-0.25, -0.2) is 45.5 Å². The molecule has 0 bridgehead atoms. The van der Waals surface area contributed by atoms with Crippen molar-refractivity contribution < 1.29 is 39.9 Å². The van der Waals surface area contributed by atoms with Crippen molar-refractivity contribution in [1.29, 1.82) is 0 Å². The molecule has 3 atom stereocenters. The average molecular weight is 1130 g/mol. The van der Waals surface area contributed by atoms with E-state index in [0.717, 1.165) is 39.4 Å². The maximum absolute atomic E-state index is 12.3. The van der Waals surface area contributed by atoms with Crippen LogP contribution in [-0.2, 0) is 36.6 Å². The molecule has 373 valence electrons. The first kappa shape index (κ1) is 61.8. The second-order valence-corrected chi connectivity index (χ2v) is 21.9. The normalized spacial score (nSPS) is 12.4. The number of carbonyl (C=O) groups excluding carboxylic acids is 1. The van der Waals surface area contributed by atoms with Gasteiger partial charge in [-0.2, -0.15) is 0 Å². The first-order valence-corrected chi connectivity index (χ1v) is 26.6. The van der Waals surface area contributed by atoms with Gasteiger partial charge in [-0.1, -0.05) is 112 Å². The van der Waals surface area contributed by atoms with Crippen molar-refractivity contribution >= 4 is 120 Å². The lowest BCUT2D eigenvalue weighted by Crippen LogP contribution is -2.27. The number of rotatable bonds is 12. The lowest BCUT2D eigenvalue weighted by Gasteiger charge is -2.15. The van der Waals surface area contributed by atoms with Crippen LogP contribution in [0.2, 0.25) is 30.1 Å². The van der Waals surface area contributed by atoms with Gasteiger partial charge < -0.3 is 21.5 Å². The number of sulfonamides is 3. The first-order valence-electron chi connectivity index (χ1n) is 19.7. The van der Waals surface area contributed by atoms with Crippen LogP contribution in [0.25, 0.3) is 0 Å². The molecule has 0 aliphatic heterocycles. The van der Waals surface area contributed by atoms with Crippen molar-refractivity contribution in [2.45, 2.75) is 60.1 Å². The molecule has 15 nitrogen and oxygen atoms in total. The summed E-state index contributed by atoms with van der Waals surface area (Å²) in [4.78, 5) is 22.0. The number of halogens is 6. The number of nitrogens with two attached hydrogens (primary N) is 4. The quantitative estimate of drug-likeness (QED) is 0.0567. The second-order valence-electron chi connectivity index (χ2n) is 14.7. The molecule has 0 aliphatic rings. The lowest BCUT2D eigenvalue weighted by molar-refractivity contribution is 0.0696. The minimum absolute atomic E-state index is 0. The Morgan fingerprint density at radius 2 is 0.900 bits per heavy atom. The molecule has 6 aromatic carbocycles. The number of nitrogens with one attached hydrogen (secondary N) is 2. The van der Waals surface area contributed by atoms with E-state index in [2.05, 4.69) is 10.6 Å². The number of carboxylic acids is 1. The van der Waals surface area contributed by atoms with Crippen LogP contribution in [0.4, 0.5) is 0 Å². The maximum atomic E-state index is 12.3. The Hall–Kier alpha value is -4.29. The predicted octanol–water partition coefficient (Wildman–Crippen LogP) is 9.29. The number of carbonyl (C=O) groups is 2. The Kier molecular flexibility index (Phi) is 24.3. The Morgan fingerprint density at radius 3 is 1.30 bits per heavy atom. The van der Waals surface area contributed by atoms with E-state index in [9.17, 15) is 34.8 Å². The van der Waals surface area contributed by atoms with Gasteiger partial charge in [0.05, 0.1) is 26.7 Å². The number of amides is 1. The highest BCUT2D eigenvalue weighted by molar-refractivity contribution is 7.89. The van der Waals surface area contributed by atoms with E-state index in [1.54, 1.807) is 31.2 Å². The molecule has 25 heteroatoms. The second kappa shape index (κ2) is 27.5. The first-order chi connectivity index (χ1) is 32.0. The molecule has 2 unspecified atom stereocenters. The average Bonchev–Trinajstić information content (AvgIpc) is 3.25. The van der Waals surface area contributed by atoms with E-state index in [1.807, 2.05) is 68.4 Å². The van der Waals surface area contributed by atoms with Gasteiger partial charge >= 0.3 is 5.97 Å². The highest BCUT2D eigenvalue weighted by Crippen LogP contribution is 2.25. The molecule has 6 aromatic rings. The molecule has 0 saturated heterocycles. The van der Waals surface area contributed by atoms with Crippen molar-refractivity contribution in [3.63, 3.8) is 0 Å². The summed E-state index contributed by atoms with van der Waals surface area (Å²) in [6.07, 6.45) is 0. The van der Waals surface area contributed by atoms with Crippen LogP contribution in [-0.4, -0.2) is 50.6 Å². The van der Waals surface area contributed by atoms with E-state index in [1.165, 1.54) is 36.4 Å². The van der Waals surface area contributed by atoms with Gasteiger partial charge in [0.2, 0.25) is 30.1 Å². The smallest absolute Gasteiger partial charge is 0.335 e. The number of primary sulfonamides is 3. The highest BCUT2D eigenvalue weighted by Gasteiger charge is 2.19. The molecular formula is C45H46BCl6N6O9S3. The molecule has 0 heterocycles. The van der Waals surface area contributed by atoms with Gasteiger partial charge in [-0.3, -0.25) is 4.79 Å². The molecule has 3 radical (unpaired) electrons. The molecule has 6 rings (SSSR count). The molecule has 0 aromatic heterocycles. The largest absolute Gasteiger partial charge is 0.478 e. The summed E-state index contributed by atoms with van der Waals surface area (Å²) in [6.45, 7) is 6.21. The Labute approximate surface area is 439 Å². The zero-order valence-electron chi connectivity index (χ0n) is 37.2. The Balaban J connectivity index is 0.000000333. The summed E-state index contributed by atoms with van der Waals surface area (Å²) in [5, 5.41) is 31.7. The van der Waals surface area contributed by atoms with E-state index in [-0.39, 0.29) is 67.4 Å².